The number of carbonyl (C=O) groups is 1. The van der Waals surface area contributed by atoms with Gasteiger partial charge < -0.3 is 33.4 Å². The summed E-state index contributed by atoms with van der Waals surface area (Å²) in [6.07, 6.45) is 1.67. The van der Waals surface area contributed by atoms with E-state index in [-0.39, 0.29) is 29.9 Å². The van der Waals surface area contributed by atoms with Gasteiger partial charge in [-0.05, 0) is 19.3 Å². The van der Waals surface area contributed by atoms with E-state index in [9.17, 15) is 4.79 Å². The second-order valence-electron chi connectivity index (χ2n) is 5.21. The molecule has 1 rings (SSSR count). The van der Waals surface area contributed by atoms with Crippen LogP contribution in [0.5, 0.6) is 0 Å². The molecule has 1 heterocycles. The van der Waals surface area contributed by atoms with E-state index in [4.69, 9.17) is 0 Å². The maximum atomic E-state index is 11.4. The summed E-state index contributed by atoms with van der Waals surface area (Å²) in [5, 5.41) is 0. The Hall–Kier alpha value is -0.280. The molecule has 1 fully saturated rings. The van der Waals surface area contributed by atoms with Crippen molar-refractivity contribution in [2.24, 2.45) is 0 Å². The third kappa shape index (κ3) is 5.17. The maximum absolute atomic E-state index is 11.4. The summed E-state index contributed by atoms with van der Waals surface area (Å²) in [5.41, 5.74) is 0. The molecule has 0 aromatic rings. The second-order valence-corrected chi connectivity index (χ2v) is 5.21. The van der Waals surface area contributed by atoms with E-state index < -0.39 is 0 Å². The number of halogens is 1. The van der Waals surface area contributed by atoms with Gasteiger partial charge in [0, 0.05) is 12.5 Å². The first-order chi connectivity index (χ1) is 6.90. The van der Waals surface area contributed by atoms with Gasteiger partial charge >= 0.3 is 0 Å². The fourth-order valence-electron chi connectivity index (χ4n) is 1.56. The van der Waals surface area contributed by atoms with Gasteiger partial charge in [-0.25, -0.2) is 0 Å². The molecule has 4 heteroatoms. The normalized spacial score (nSPS) is 20.1. The number of amides is 1. The number of rotatable bonds is 2. The lowest BCUT2D eigenvalue weighted by Crippen LogP contribution is -3.00. The monoisotopic (exact) mass is 336 g/mol. The zero-order chi connectivity index (χ0) is 11.5. The van der Waals surface area contributed by atoms with E-state index in [0.29, 0.717) is 19.0 Å². The molecule has 0 aromatic carbocycles. The largest absolute Gasteiger partial charge is 1.00 e. The van der Waals surface area contributed by atoms with Crippen molar-refractivity contribution < 1.29 is 33.3 Å². The van der Waals surface area contributed by atoms with Gasteiger partial charge in [-0.1, -0.05) is 5.92 Å². The maximum Gasteiger partial charge on any atom is 0.223 e. The predicted octanol–water partition coefficient (Wildman–Crippen LogP) is -2.29. The lowest BCUT2D eigenvalue weighted by molar-refractivity contribution is -0.862. The summed E-state index contributed by atoms with van der Waals surface area (Å²) >= 11 is 0. The van der Waals surface area contributed by atoms with Gasteiger partial charge in [0.15, 0.2) is 0 Å². The summed E-state index contributed by atoms with van der Waals surface area (Å²) in [6, 6.07) is 0.371. The molecule has 0 aromatic heterocycles. The molecular weight excluding hydrogens is 315 g/mol. The van der Waals surface area contributed by atoms with Gasteiger partial charge in [0.05, 0.1) is 27.7 Å². The highest BCUT2D eigenvalue weighted by Crippen LogP contribution is 2.16. The first-order valence-corrected chi connectivity index (χ1v) is 5.46. The van der Waals surface area contributed by atoms with E-state index >= 15 is 0 Å². The Morgan fingerprint density at radius 1 is 1.38 bits per heavy atom. The Morgan fingerprint density at radius 3 is 2.44 bits per heavy atom. The third-order valence-electron chi connectivity index (χ3n) is 2.56. The molecule has 0 spiro atoms. The summed E-state index contributed by atoms with van der Waals surface area (Å²) in [6.45, 7) is 3.52. The average Bonchev–Trinajstić information content (AvgIpc) is 2.40. The summed E-state index contributed by atoms with van der Waals surface area (Å²) in [7, 11) is 6.33. The molecular formula is C12H21IN2O. The van der Waals surface area contributed by atoms with Crippen LogP contribution in [0.1, 0.15) is 19.8 Å². The molecule has 0 radical (unpaired) electrons. The van der Waals surface area contributed by atoms with Gasteiger partial charge in [0.1, 0.15) is 6.54 Å². The fourth-order valence-corrected chi connectivity index (χ4v) is 1.56. The lowest BCUT2D eigenvalue weighted by atomic mass is 10.2. The molecule has 0 aliphatic carbocycles. The van der Waals surface area contributed by atoms with E-state index in [1.807, 2.05) is 4.90 Å². The first kappa shape index (κ1) is 15.7. The van der Waals surface area contributed by atoms with Crippen LogP contribution >= 0.6 is 0 Å². The van der Waals surface area contributed by atoms with Crippen LogP contribution in [-0.2, 0) is 4.79 Å². The van der Waals surface area contributed by atoms with Gasteiger partial charge in [-0.3, -0.25) is 4.79 Å². The zero-order valence-corrected chi connectivity index (χ0v) is 12.7. The number of nitrogens with zero attached hydrogens (tertiary/aromatic N) is 2. The van der Waals surface area contributed by atoms with Crippen molar-refractivity contribution in [1.29, 1.82) is 0 Å². The van der Waals surface area contributed by atoms with Crippen molar-refractivity contribution in [2.45, 2.75) is 25.8 Å². The van der Waals surface area contributed by atoms with E-state index in [1.54, 1.807) is 0 Å². The number of quaternary nitrogens is 1. The van der Waals surface area contributed by atoms with Crippen molar-refractivity contribution in [3.63, 3.8) is 0 Å². The van der Waals surface area contributed by atoms with Gasteiger partial charge in [-0.15, -0.1) is 0 Å². The third-order valence-corrected chi connectivity index (χ3v) is 2.56. The Kier molecular flexibility index (Phi) is 6.34. The quantitative estimate of drug-likeness (QED) is 0.316. The molecule has 1 saturated heterocycles. The Labute approximate surface area is 116 Å². The molecule has 16 heavy (non-hydrogen) atoms. The topological polar surface area (TPSA) is 20.3 Å². The number of hydrogen-bond acceptors (Lipinski definition) is 1. The van der Waals surface area contributed by atoms with Gasteiger partial charge in [0.25, 0.3) is 0 Å². The molecule has 92 valence electrons. The van der Waals surface area contributed by atoms with Crippen molar-refractivity contribution in [3.8, 4) is 11.8 Å². The zero-order valence-electron chi connectivity index (χ0n) is 10.6. The minimum atomic E-state index is 0. The van der Waals surface area contributed by atoms with Crippen LogP contribution in [0.25, 0.3) is 0 Å². The summed E-state index contributed by atoms with van der Waals surface area (Å²) in [4.78, 5) is 13.3. The van der Waals surface area contributed by atoms with E-state index in [1.165, 1.54) is 0 Å². The molecule has 0 unspecified atom stereocenters. The van der Waals surface area contributed by atoms with Crippen LogP contribution in [0.2, 0.25) is 0 Å². The van der Waals surface area contributed by atoms with E-state index in [0.717, 1.165) is 17.4 Å². The second kappa shape index (κ2) is 6.45. The van der Waals surface area contributed by atoms with Crippen LogP contribution in [0.15, 0.2) is 0 Å². The minimum Gasteiger partial charge on any atom is -1.00 e. The van der Waals surface area contributed by atoms with Crippen molar-refractivity contribution in [2.75, 3.05) is 34.2 Å². The predicted molar refractivity (Wildman–Crippen MR) is 61.1 cm³/mol. The fraction of sp³-hybridized carbons (Fsp3) is 0.750. The highest BCUT2D eigenvalue weighted by molar-refractivity contribution is 5.78. The van der Waals surface area contributed by atoms with Crippen LogP contribution in [0.4, 0.5) is 0 Å². The molecule has 1 atom stereocenters. The Balaban J connectivity index is 0.00000225. The average molecular weight is 336 g/mol. The molecule has 0 N–H and O–H groups in total. The number of carbonyl (C=O) groups excluding carboxylic acids is 1. The van der Waals surface area contributed by atoms with Crippen LogP contribution < -0.4 is 24.0 Å². The standard InChI is InChI=1S/C12H21N2O.HI/c1-11-7-8-12(15)13(11)9-5-6-10-14(2,3)4;/h11H,7-10H2,1-4H3;1H/q+1;/p-1/t11-;/m0./s1. The van der Waals surface area contributed by atoms with Crippen LogP contribution in [0.3, 0.4) is 0 Å². The molecule has 1 aliphatic rings. The smallest absolute Gasteiger partial charge is 0.223 e. The Bertz CT molecular complexity index is 298. The lowest BCUT2D eigenvalue weighted by Gasteiger charge is -2.20. The van der Waals surface area contributed by atoms with Gasteiger partial charge in [-0.2, -0.15) is 0 Å². The highest BCUT2D eigenvalue weighted by Gasteiger charge is 2.26. The first-order valence-electron chi connectivity index (χ1n) is 5.46. The summed E-state index contributed by atoms with van der Waals surface area (Å²) in [5.74, 6) is 6.46. The van der Waals surface area contributed by atoms with Crippen molar-refractivity contribution >= 4 is 5.91 Å². The SMILES string of the molecule is C[C@H]1CCC(=O)N1CC#CC[N+](C)(C)C.[I-]. The minimum absolute atomic E-state index is 0. The molecule has 1 amide bonds. The molecule has 0 saturated carbocycles. The van der Waals surface area contributed by atoms with E-state index in [2.05, 4.69) is 39.9 Å². The molecule has 3 nitrogen and oxygen atoms in total. The number of hydrogen-bond donors (Lipinski definition) is 0. The van der Waals surface area contributed by atoms with Crippen molar-refractivity contribution in [3.05, 3.63) is 0 Å². The summed E-state index contributed by atoms with van der Waals surface area (Å²) < 4.78 is 0.844. The van der Waals surface area contributed by atoms with Crippen LogP contribution in [0, 0.1) is 11.8 Å². The molecule has 1 aliphatic heterocycles. The van der Waals surface area contributed by atoms with Crippen LogP contribution in [-0.4, -0.2) is 55.6 Å². The molecule has 0 bridgehead atoms. The number of likely N-dealkylation sites (tertiary alicyclic amines) is 1. The van der Waals surface area contributed by atoms with Gasteiger partial charge in [0.2, 0.25) is 5.91 Å². The highest BCUT2D eigenvalue weighted by atomic mass is 127. The Morgan fingerprint density at radius 2 is 2.00 bits per heavy atom. The van der Waals surface area contributed by atoms with Crippen molar-refractivity contribution in [1.82, 2.24) is 4.90 Å².